The third kappa shape index (κ3) is 7.28. The molecule has 2 aromatic carbocycles. The summed E-state index contributed by atoms with van der Waals surface area (Å²) in [4.78, 5) is 31.4. The molecule has 2 aromatic heterocycles. The van der Waals surface area contributed by atoms with Gasteiger partial charge < -0.3 is 10.1 Å². The fourth-order valence-electron chi connectivity index (χ4n) is 2.88. The molecule has 0 fully saturated rings. The lowest BCUT2D eigenvalue weighted by Gasteiger charge is -2.06. The van der Waals surface area contributed by atoms with Gasteiger partial charge in [-0.1, -0.05) is 35.3 Å². The molecule has 4 aromatic rings. The van der Waals surface area contributed by atoms with Gasteiger partial charge in [-0.3, -0.25) is 15.0 Å². The molecule has 2 heterocycles. The predicted octanol–water partition coefficient (Wildman–Crippen LogP) is 4.64. The normalized spacial score (nSPS) is 11.2. The van der Waals surface area contributed by atoms with E-state index in [0.717, 1.165) is 11.3 Å². The van der Waals surface area contributed by atoms with Crippen LogP contribution in [0.3, 0.4) is 0 Å². The van der Waals surface area contributed by atoms with E-state index >= 15 is 0 Å². The Kier molecular flexibility index (Phi) is 8.79. The summed E-state index contributed by atoms with van der Waals surface area (Å²) in [6.45, 7) is 0.228. The standard InChI is InChI=1S/C23H18Cl2N4O5S3/c24-15-7-5-14(6-8-15)22(30)26-11-16-9-10-21(36-16)37(32,33)29-28-23(31)18-13-35-20(27-18)12-34-19-4-2-1-3-17(19)25/h1-10,13,29H,11-12H2,(H,26,30)(H,28,31). The SMILES string of the molecule is O=C(NCc1ccc(S(=O)(=O)NNC(=O)c2csc(COc3ccccc3Cl)n2)s1)c1ccc(Cl)cc1. The Bertz CT molecular complexity index is 1520. The van der Waals surface area contributed by atoms with Crippen LogP contribution in [0.15, 0.2) is 70.3 Å². The van der Waals surface area contributed by atoms with Crippen molar-refractivity contribution in [1.82, 2.24) is 20.6 Å². The van der Waals surface area contributed by atoms with Crippen molar-refractivity contribution in [1.29, 1.82) is 0 Å². The van der Waals surface area contributed by atoms with E-state index in [4.69, 9.17) is 27.9 Å². The molecule has 9 nitrogen and oxygen atoms in total. The highest BCUT2D eigenvalue weighted by molar-refractivity contribution is 7.91. The first-order valence-corrected chi connectivity index (χ1v) is 14.4. The Morgan fingerprint density at radius 1 is 0.973 bits per heavy atom. The van der Waals surface area contributed by atoms with Gasteiger partial charge in [0, 0.05) is 20.8 Å². The number of thiophene rings is 1. The van der Waals surface area contributed by atoms with E-state index in [-0.39, 0.29) is 29.0 Å². The molecule has 3 N–H and O–H groups in total. The number of halogens is 2. The van der Waals surface area contributed by atoms with Crippen LogP contribution in [-0.4, -0.2) is 25.2 Å². The second-order valence-corrected chi connectivity index (χ2v) is 12.2. The molecule has 0 saturated carbocycles. The van der Waals surface area contributed by atoms with Crippen LogP contribution in [0.4, 0.5) is 0 Å². The van der Waals surface area contributed by atoms with E-state index in [2.05, 4.69) is 20.6 Å². The lowest BCUT2D eigenvalue weighted by molar-refractivity contribution is 0.0936. The summed E-state index contributed by atoms with van der Waals surface area (Å²) in [7, 11) is -4.04. The summed E-state index contributed by atoms with van der Waals surface area (Å²) in [5.74, 6) is -0.562. The molecular weight excluding hydrogens is 579 g/mol. The summed E-state index contributed by atoms with van der Waals surface area (Å²) < 4.78 is 30.8. The maximum Gasteiger partial charge on any atom is 0.285 e. The average Bonchev–Trinajstić information content (AvgIpc) is 3.56. The highest BCUT2D eigenvalue weighted by Gasteiger charge is 2.20. The third-order valence-corrected chi connectivity index (χ3v) is 8.91. The molecule has 0 bridgehead atoms. The van der Waals surface area contributed by atoms with E-state index < -0.39 is 15.9 Å². The van der Waals surface area contributed by atoms with Gasteiger partial charge in [-0.25, -0.2) is 13.4 Å². The molecule has 14 heteroatoms. The topological polar surface area (TPSA) is 126 Å². The lowest BCUT2D eigenvalue weighted by atomic mass is 10.2. The molecule has 0 unspecified atom stereocenters. The van der Waals surface area contributed by atoms with E-state index in [1.54, 1.807) is 54.6 Å². The van der Waals surface area contributed by atoms with Gasteiger partial charge in [0.15, 0.2) is 0 Å². The maximum absolute atomic E-state index is 12.6. The highest BCUT2D eigenvalue weighted by Crippen LogP contribution is 2.25. The van der Waals surface area contributed by atoms with Crippen LogP contribution < -0.4 is 20.3 Å². The van der Waals surface area contributed by atoms with Gasteiger partial charge in [0.2, 0.25) is 0 Å². The molecule has 0 aliphatic heterocycles. The van der Waals surface area contributed by atoms with Crippen molar-refractivity contribution in [3.63, 3.8) is 0 Å². The van der Waals surface area contributed by atoms with E-state index in [1.165, 1.54) is 22.8 Å². The number of sulfonamides is 1. The first kappa shape index (κ1) is 27.0. The smallest absolute Gasteiger partial charge is 0.285 e. The van der Waals surface area contributed by atoms with Gasteiger partial charge in [0.05, 0.1) is 11.6 Å². The zero-order valence-corrected chi connectivity index (χ0v) is 22.7. The third-order valence-electron chi connectivity index (χ3n) is 4.70. The van der Waals surface area contributed by atoms with Crippen molar-refractivity contribution in [3.8, 4) is 5.75 Å². The van der Waals surface area contributed by atoms with Gasteiger partial charge in [0.25, 0.3) is 21.8 Å². The second-order valence-electron chi connectivity index (χ2n) is 7.32. The first-order valence-electron chi connectivity index (χ1n) is 10.5. The van der Waals surface area contributed by atoms with Crippen LogP contribution in [0.25, 0.3) is 0 Å². The van der Waals surface area contributed by atoms with Gasteiger partial charge in [-0.05, 0) is 48.5 Å². The van der Waals surface area contributed by atoms with Crippen LogP contribution in [0, 0.1) is 0 Å². The Labute approximate surface area is 230 Å². The quantitative estimate of drug-likeness (QED) is 0.229. The number of nitrogens with one attached hydrogen (secondary N) is 3. The summed E-state index contributed by atoms with van der Waals surface area (Å²) in [5.41, 5.74) is 2.61. The molecule has 0 aliphatic rings. The van der Waals surface area contributed by atoms with Crippen molar-refractivity contribution >= 4 is 67.7 Å². The zero-order valence-electron chi connectivity index (χ0n) is 18.7. The maximum atomic E-state index is 12.6. The van der Waals surface area contributed by atoms with Gasteiger partial charge in [-0.15, -0.1) is 27.5 Å². The molecule has 0 spiro atoms. The van der Waals surface area contributed by atoms with Gasteiger partial charge >= 0.3 is 0 Å². The predicted molar refractivity (Wildman–Crippen MR) is 143 cm³/mol. The Morgan fingerprint density at radius 2 is 1.73 bits per heavy atom. The van der Waals surface area contributed by atoms with Gasteiger partial charge in [-0.2, -0.15) is 0 Å². The fraction of sp³-hybridized carbons (Fsp3) is 0.0870. The number of thiazole rings is 1. The molecule has 0 radical (unpaired) electrons. The molecular formula is C23H18Cl2N4O5S3. The number of rotatable bonds is 10. The number of aromatic nitrogens is 1. The minimum atomic E-state index is -4.04. The van der Waals surface area contributed by atoms with Crippen molar-refractivity contribution in [3.05, 3.63) is 97.2 Å². The minimum Gasteiger partial charge on any atom is -0.485 e. The number of para-hydroxylation sites is 1. The zero-order chi connectivity index (χ0) is 26.4. The van der Waals surface area contributed by atoms with E-state index in [1.807, 2.05) is 0 Å². The Balaban J connectivity index is 1.28. The fourth-order valence-corrected chi connectivity index (χ4v) is 6.02. The highest BCUT2D eigenvalue weighted by atomic mass is 35.5. The van der Waals surface area contributed by atoms with Crippen molar-refractivity contribution in [2.45, 2.75) is 17.4 Å². The summed E-state index contributed by atoms with van der Waals surface area (Å²) in [6.07, 6.45) is 0. The van der Waals surface area contributed by atoms with Crippen molar-refractivity contribution in [2.24, 2.45) is 0 Å². The lowest BCUT2D eigenvalue weighted by Crippen LogP contribution is -2.41. The molecule has 0 atom stereocenters. The number of hydrogen-bond acceptors (Lipinski definition) is 8. The second kappa shape index (κ2) is 12.0. The van der Waals surface area contributed by atoms with Crippen LogP contribution in [-0.2, 0) is 23.2 Å². The van der Waals surface area contributed by atoms with E-state index in [9.17, 15) is 18.0 Å². The van der Waals surface area contributed by atoms with Crippen molar-refractivity contribution < 1.29 is 22.7 Å². The first-order chi connectivity index (χ1) is 17.7. The average molecular weight is 598 g/mol. The number of benzene rings is 2. The number of amides is 2. The van der Waals surface area contributed by atoms with E-state index in [0.29, 0.717) is 31.2 Å². The molecule has 4 rings (SSSR count). The van der Waals surface area contributed by atoms with Crippen LogP contribution in [0.5, 0.6) is 5.75 Å². The summed E-state index contributed by atoms with van der Waals surface area (Å²) >= 11 is 14.0. The van der Waals surface area contributed by atoms with Crippen molar-refractivity contribution in [2.75, 3.05) is 0 Å². The summed E-state index contributed by atoms with van der Waals surface area (Å²) in [6, 6.07) is 16.3. The number of carbonyl (C=O) groups excluding carboxylic acids is 2. The Morgan fingerprint density at radius 3 is 2.49 bits per heavy atom. The molecule has 37 heavy (non-hydrogen) atoms. The van der Waals surface area contributed by atoms with Gasteiger partial charge in [0.1, 0.15) is 27.3 Å². The monoisotopic (exact) mass is 596 g/mol. The number of hydrazine groups is 1. The Hall–Kier alpha value is -3.00. The minimum absolute atomic E-state index is 0.0299. The number of hydrogen-bond donors (Lipinski definition) is 3. The van der Waals surface area contributed by atoms with Crippen LogP contribution >= 0.6 is 45.9 Å². The molecule has 0 saturated heterocycles. The molecule has 2 amide bonds. The molecule has 0 aliphatic carbocycles. The van der Waals surface area contributed by atoms with Crippen LogP contribution in [0.1, 0.15) is 30.7 Å². The number of nitrogens with zero attached hydrogens (tertiary/aromatic N) is 1. The number of carbonyl (C=O) groups is 2. The summed E-state index contributed by atoms with van der Waals surface area (Å²) in [5, 5.41) is 5.68. The largest absolute Gasteiger partial charge is 0.485 e. The number of ether oxygens (including phenoxy) is 1. The molecule has 192 valence electrons. The van der Waals surface area contributed by atoms with Crippen LogP contribution in [0.2, 0.25) is 10.0 Å².